The molecule has 1 rings (SSSR count). The van der Waals surface area contributed by atoms with Crippen molar-refractivity contribution in [3.8, 4) is 0 Å². The summed E-state index contributed by atoms with van der Waals surface area (Å²) >= 11 is 0. The Morgan fingerprint density at radius 3 is 2.57 bits per heavy atom. The Morgan fingerprint density at radius 2 is 2.00 bits per heavy atom. The Kier molecular flexibility index (Phi) is 3.06. The van der Waals surface area contributed by atoms with Crippen molar-refractivity contribution in [3.05, 3.63) is 0 Å². The van der Waals surface area contributed by atoms with Crippen molar-refractivity contribution < 1.29 is 14.4 Å². The van der Waals surface area contributed by atoms with E-state index in [1.807, 2.05) is 0 Å². The fourth-order valence-corrected chi connectivity index (χ4v) is 1.23. The van der Waals surface area contributed by atoms with Gasteiger partial charge < -0.3 is 16.4 Å². The first-order chi connectivity index (χ1) is 6.50. The van der Waals surface area contributed by atoms with Crippen molar-refractivity contribution in [2.45, 2.75) is 31.8 Å². The Morgan fingerprint density at radius 1 is 1.36 bits per heavy atom. The highest BCUT2D eigenvalue weighted by atomic mass is 16.2. The van der Waals surface area contributed by atoms with Gasteiger partial charge in [-0.3, -0.25) is 14.4 Å². The van der Waals surface area contributed by atoms with Gasteiger partial charge in [0.05, 0.1) is 0 Å². The van der Waals surface area contributed by atoms with Crippen molar-refractivity contribution in [1.82, 2.24) is 10.6 Å². The zero-order valence-corrected chi connectivity index (χ0v) is 7.87. The lowest BCUT2D eigenvalue weighted by molar-refractivity contribution is -0.136. The first kappa shape index (κ1) is 10.5. The third kappa shape index (κ3) is 2.45. The first-order valence-corrected chi connectivity index (χ1v) is 4.39. The van der Waals surface area contributed by atoms with E-state index in [1.54, 1.807) is 6.92 Å². The summed E-state index contributed by atoms with van der Waals surface area (Å²) in [5.74, 6) is -0.983. The molecule has 6 heteroatoms. The standard InChI is InChI=1S/C8H13N3O3/c1-4-7(13)11-5(8(14)10-4)2-3-6(9)12/h4-5H,2-3H2,1H3,(H2,9,12)(H,10,14)(H,11,13)/t4-,5-/m0/s1. The lowest BCUT2D eigenvalue weighted by Crippen LogP contribution is -2.60. The topological polar surface area (TPSA) is 101 Å². The van der Waals surface area contributed by atoms with E-state index in [4.69, 9.17) is 5.73 Å². The highest BCUT2D eigenvalue weighted by Gasteiger charge is 2.30. The molecule has 2 atom stereocenters. The number of primary amides is 1. The number of rotatable bonds is 3. The minimum absolute atomic E-state index is 0.0900. The lowest BCUT2D eigenvalue weighted by atomic mass is 10.1. The zero-order chi connectivity index (χ0) is 10.7. The van der Waals surface area contributed by atoms with E-state index in [-0.39, 0.29) is 24.7 Å². The number of hydrogen-bond acceptors (Lipinski definition) is 3. The van der Waals surface area contributed by atoms with E-state index in [0.717, 1.165) is 0 Å². The van der Waals surface area contributed by atoms with Gasteiger partial charge in [-0.2, -0.15) is 0 Å². The maximum Gasteiger partial charge on any atom is 0.243 e. The predicted octanol–water partition coefficient (Wildman–Crippen LogP) is -1.74. The summed E-state index contributed by atoms with van der Waals surface area (Å²) < 4.78 is 0. The first-order valence-electron chi connectivity index (χ1n) is 4.39. The molecule has 4 N–H and O–H groups in total. The molecule has 0 aromatic heterocycles. The molecule has 1 saturated heterocycles. The third-order valence-corrected chi connectivity index (χ3v) is 2.06. The predicted molar refractivity (Wildman–Crippen MR) is 48.0 cm³/mol. The van der Waals surface area contributed by atoms with Crippen LogP contribution in [0.5, 0.6) is 0 Å². The minimum Gasteiger partial charge on any atom is -0.370 e. The maximum atomic E-state index is 11.3. The zero-order valence-electron chi connectivity index (χ0n) is 7.87. The van der Waals surface area contributed by atoms with Gasteiger partial charge in [-0.15, -0.1) is 0 Å². The highest BCUT2D eigenvalue weighted by molar-refractivity contribution is 5.96. The van der Waals surface area contributed by atoms with Crippen LogP contribution in [0.15, 0.2) is 0 Å². The second kappa shape index (κ2) is 4.08. The smallest absolute Gasteiger partial charge is 0.243 e. The van der Waals surface area contributed by atoms with Crippen LogP contribution in [0.3, 0.4) is 0 Å². The van der Waals surface area contributed by atoms with Crippen LogP contribution >= 0.6 is 0 Å². The Hall–Kier alpha value is -1.59. The molecule has 0 radical (unpaired) electrons. The van der Waals surface area contributed by atoms with Crippen LogP contribution < -0.4 is 16.4 Å². The summed E-state index contributed by atoms with van der Waals surface area (Å²) in [5, 5.41) is 5.01. The number of carbonyl (C=O) groups excluding carboxylic acids is 3. The Balaban J connectivity index is 2.49. The Bertz CT molecular complexity index is 277. The molecule has 0 aliphatic carbocycles. The third-order valence-electron chi connectivity index (χ3n) is 2.06. The van der Waals surface area contributed by atoms with Crippen molar-refractivity contribution in [1.29, 1.82) is 0 Å². The summed E-state index contributed by atoms with van der Waals surface area (Å²) in [6, 6.07) is -1.14. The molecule has 1 aliphatic rings. The molecule has 14 heavy (non-hydrogen) atoms. The number of nitrogens with two attached hydrogens (primary N) is 1. The van der Waals surface area contributed by atoms with Crippen LogP contribution in [0.1, 0.15) is 19.8 Å². The normalized spacial score (nSPS) is 26.6. The lowest BCUT2D eigenvalue weighted by Gasteiger charge is -2.27. The number of hydrogen-bond donors (Lipinski definition) is 3. The molecule has 0 saturated carbocycles. The highest BCUT2D eigenvalue weighted by Crippen LogP contribution is 2.03. The van der Waals surface area contributed by atoms with Crippen LogP contribution in [0.25, 0.3) is 0 Å². The Labute approximate surface area is 81.2 Å². The number of amides is 3. The fourth-order valence-electron chi connectivity index (χ4n) is 1.23. The molecule has 3 amide bonds. The molecule has 0 aromatic carbocycles. The van der Waals surface area contributed by atoms with E-state index >= 15 is 0 Å². The van der Waals surface area contributed by atoms with Crippen LogP contribution in [-0.2, 0) is 14.4 Å². The molecule has 6 nitrogen and oxygen atoms in total. The largest absolute Gasteiger partial charge is 0.370 e. The average Bonchev–Trinajstić information content (AvgIpc) is 2.09. The molecule has 0 aromatic rings. The van der Waals surface area contributed by atoms with Gasteiger partial charge in [0.2, 0.25) is 17.7 Å². The van der Waals surface area contributed by atoms with Crippen molar-refractivity contribution in [2.75, 3.05) is 0 Å². The van der Waals surface area contributed by atoms with E-state index in [9.17, 15) is 14.4 Å². The second-order valence-corrected chi connectivity index (χ2v) is 3.30. The van der Waals surface area contributed by atoms with Gasteiger partial charge in [-0.1, -0.05) is 0 Å². The van der Waals surface area contributed by atoms with Crippen LogP contribution in [0.2, 0.25) is 0 Å². The summed E-state index contributed by atoms with van der Waals surface area (Å²) in [6.07, 6.45) is 0.340. The summed E-state index contributed by atoms with van der Waals surface area (Å²) in [6.45, 7) is 1.59. The van der Waals surface area contributed by atoms with E-state index in [0.29, 0.717) is 0 Å². The summed E-state index contributed by atoms with van der Waals surface area (Å²) in [4.78, 5) is 32.9. The number of carbonyl (C=O) groups is 3. The van der Waals surface area contributed by atoms with Crippen LogP contribution in [0.4, 0.5) is 0 Å². The molecular weight excluding hydrogens is 186 g/mol. The molecule has 1 fully saturated rings. The number of nitrogens with one attached hydrogen (secondary N) is 2. The fraction of sp³-hybridized carbons (Fsp3) is 0.625. The molecule has 0 unspecified atom stereocenters. The van der Waals surface area contributed by atoms with Gasteiger partial charge in [0.25, 0.3) is 0 Å². The van der Waals surface area contributed by atoms with Gasteiger partial charge in [-0.05, 0) is 13.3 Å². The van der Waals surface area contributed by atoms with Crippen LogP contribution in [0, 0.1) is 0 Å². The van der Waals surface area contributed by atoms with Crippen molar-refractivity contribution >= 4 is 17.7 Å². The quantitative estimate of drug-likeness (QED) is 0.502. The molecule has 1 aliphatic heterocycles. The summed E-state index contributed by atoms with van der Waals surface area (Å²) in [5.41, 5.74) is 4.93. The molecule has 78 valence electrons. The minimum atomic E-state index is -0.633. The average molecular weight is 199 g/mol. The van der Waals surface area contributed by atoms with E-state index in [2.05, 4.69) is 10.6 Å². The molecule has 0 spiro atoms. The molecule has 0 bridgehead atoms. The van der Waals surface area contributed by atoms with Crippen molar-refractivity contribution in [2.24, 2.45) is 5.73 Å². The molecule has 1 heterocycles. The molecular formula is C8H13N3O3. The SMILES string of the molecule is C[C@@H]1NC(=O)[C@H](CCC(N)=O)NC1=O. The summed E-state index contributed by atoms with van der Waals surface area (Å²) in [7, 11) is 0. The monoisotopic (exact) mass is 199 g/mol. The maximum absolute atomic E-state index is 11.3. The van der Waals surface area contributed by atoms with Gasteiger partial charge in [0, 0.05) is 6.42 Å². The van der Waals surface area contributed by atoms with E-state index < -0.39 is 18.0 Å². The van der Waals surface area contributed by atoms with Gasteiger partial charge in [0.1, 0.15) is 12.1 Å². The van der Waals surface area contributed by atoms with E-state index in [1.165, 1.54) is 0 Å². The van der Waals surface area contributed by atoms with Crippen LogP contribution in [-0.4, -0.2) is 29.8 Å². The number of piperazine rings is 1. The van der Waals surface area contributed by atoms with Gasteiger partial charge >= 0.3 is 0 Å². The van der Waals surface area contributed by atoms with Gasteiger partial charge in [0.15, 0.2) is 0 Å². The second-order valence-electron chi connectivity index (χ2n) is 3.30. The van der Waals surface area contributed by atoms with Gasteiger partial charge in [-0.25, -0.2) is 0 Å². The van der Waals surface area contributed by atoms with Crippen molar-refractivity contribution in [3.63, 3.8) is 0 Å².